The van der Waals surface area contributed by atoms with Crippen LogP contribution >= 0.6 is 11.8 Å². The van der Waals surface area contributed by atoms with E-state index in [2.05, 4.69) is 10.3 Å². The largest absolute Gasteiger partial charge is 0.383 e. The number of rotatable bonds is 3. The number of thioether (sulfide) groups is 1. The minimum atomic E-state index is -0.491. The molecule has 1 aliphatic rings. The van der Waals surface area contributed by atoms with Crippen LogP contribution in [0, 0.1) is 5.92 Å². The maximum absolute atomic E-state index is 11.6. The predicted octanol–water partition coefficient (Wildman–Crippen LogP) is -0.179. The van der Waals surface area contributed by atoms with Gasteiger partial charge in [0.15, 0.2) is 0 Å². The zero-order valence-electron chi connectivity index (χ0n) is 9.66. The van der Waals surface area contributed by atoms with E-state index in [9.17, 15) is 9.59 Å². The van der Waals surface area contributed by atoms with Crippen LogP contribution in [-0.4, -0.2) is 27.6 Å². The molecular weight excluding hydrogens is 240 g/mol. The van der Waals surface area contributed by atoms with Crippen molar-refractivity contribution in [3.05, 3.63) is 20.8 Å². The monoisotopic (exact) mass is 256 g/mol. The molecule has 7 heteroatoms. The summed E-state index contributed by atoms with van der Waals surface area (Å²) in [6, 6.07) is 0. The molecule has 17 heavy (non-hydrogen) atoms. The number of anilines is 2. The lowest BCUT2D eigenvalue weighted by Gasteiger charge is -2.13. The number of aromatic amines is 1. The highest BCUT2D eigenvalue weighted by Gasteiger charge is 2.17. The molecule has 1 aromatic heterocycles. The number of nitrogens with two attached hydrogens (primary N) is 1. The number of H-pyrrole nitrogens is 1. The zero-order chi connectivity index (χ0) is 12.4. The van der Waals surface area contributed by atoms with Crippen molar-refractivity contribution in [2.75, 3.05) is 29.1 Å². The average molecular weight is 256 g/mol. The second-order valence-electron chi connectivity index (χ2n) is 4.19. The number of nitrogens with zero attached hydrogens (tertiary/aromatic N) is 1. The van der Waals surface area contributed by atoms with Gasteiger partial charge in [0, 0.05) is 13.6 Å². The van der Waals surface area contributed by atoms with Gasteiger partial charge >= 0.3 is 5.69 Å². The fraction of sp³-hybridized carbons (Fsp3) is 0.600. The highest BCUT2D eigenvalue weighted by Crippen LogP contribution is 2.23. The van der Waals surface area contributed by atoms with Crippen LogP contribution in [0.2, 0.25) is 0 Å². The summed E-state index contributed by atoms with van der Waals surface area (Å²) in [5, 5.41) is 3.05. The first kappa shape index (κ1) is 12.1. The summed E-state index contributed by atoms with van der Waals surface area (Å²) >= 11 is 1.92. The second-order valence-corrected chi connectivity index (χ2v) is 5.34. The van der Waals surface area contributed by atoms with Crippen molar-refractivity contribution in [1.82, 2.24) is 9.55 Å². The van der Waals surface area contributed by atoms with E-state index in [-0.39, 0.29) is 5.82 Å². The maximum Gasteiger partial charge on any atom is 0.329 e. The number of aromatic nitrogens is 2. The molecule has 2 heterocycles. The lowest BCUT2D eigenvalue weighted by Crippen LogP contribution is -2.33. The molecule has 2 rings (SSSR count). The van der Waals surface area contributed by atoms with E-state index < -0.39 is 11.2 Å². The Morgan fingerprint density at radius 1 is 1.59 bits per heavy atom. The quantitative estimate of drug-likeness (QED) is 0.697. The summed E-state index contributed by atoms with van der Waals surface area (Å²) < 4.78 is 1.23. The van der Waals surface area contributed by atoms with Crippen LogP contribution in [0.5, 0.6) is 0 Å². The number of nitrogen functional groups attached to an aromatic ring is 1. The Morgan fingerprint density at radius 2 is 2.35 bits per heavy atom. The van der Waals surface area contributed by atoms with E-state index in [1.54, 1.807) is 0 Å². The van der Waals surface area contributed by atoms with Crippen LogP contribution in [0.1, 0.15) is 6.42 Å². The molecule has 0 spiro atoms. The van der Waals surface area contributed by atoms with Crippen LogP contribution < -0.4 is 22.3 Å². The van der Waals surface area contributed by atoms with Gasteiger partial charge in [-0.15, -0.1) is 0 Å². The first-order valence-corrected chi connectivity index (χ1v) is 6.65. The van der Waals surface area contributed by atoms with E-state index >= 15 is 0 Å². The summed E-state index contributed by atoms with van der Waals surface area (Å²) in [6.07, 6.45) is 1.15. The Kier molecular flexibility index (Phi) is 3.46. The van der Waals surface area contributed by atoms with Crippen molar-refractivity contribution < 1.29 is 0 Å². The molecule has 0 radical (unpaired) electrons. The highest BCUT2D eigenvalue weighted by atomic mass is 32.2. The summed E-state index contributed by atoms with van der Waals surface area (Å²) in [6.45, 7) is 0.721. The fourth-order valence-electron chi connectivity index (χ4n) is 1.80. The van der Waals surface area contributed by atoms with Crippen molar-refractivity contribution >= 4 is 23.3 Å². The molecule has 0 aromatic carbocycles. The second kappa shape index (κ2) is 4.87. The molecule has 1 aromatic rings. The Labute approximate surface area is 103 Å². The van der Waals surface area contributed by atoms with E-state index in [1.165, 1.54) is 17.4 Å². The van der Waals surface area contributed by atoms with E-state index in [0.717, 1.165) is 18.7 Å². The first-order chi connectivity index (χ1) is 8.09. The smallest absolute Gasteiger partial charge is 0.329 e. The normalized spacial score (nSPS) is 19.5. The standard InChI is InChI=1S/C10H16N4O2S/c1-14-8(11)7(9(15)13-10(14)16)12-4-6-2-3-17-5-6/h6,12H,2-5,11H2,1H3,(H,13,15,16). The molecule has 0 aliphatic carbocycles. The summed E-state index contributed by atoms with van der Waals surface area (Å²) in [4.78, 5) is 25.1. The lowest BCUT2D eigenvalue weighted by molar-refractivity contribution is 0.630. The Morgan fingerprint density at radius 3 is 3.00 bits per heavy atom. The minimum absolute atomic E-state index is 0.185. The van der Waals surface area contributed by atoms with Crippen LogP contribution in [0.25, 0.3) is 0 Å². The van der Waals surface area contributed by atoms with Gasteiger partial charge in [-0.05, 0) is 23.8 Å². The van der Waals surface area contributed by atoms with Gasteiger partial charge in [-0.3, -0.25) is 14.3 Å². The van der Waals surface area contributed by atoms with Crippen molar-refractivity contribution in [3.63, 3.8) is 0 Å². The highest BCUT2D eigenvalue weighted by molar-refractivity contribution is 7.99. The topological polar surface area (TPSA) is 92.9 Å². The molecule has 1 atom stereocenters. The molecule has 4 N–H and O–H groups in total. The molecule has 1 unspecified atom stereocenters. The predicted molar refractivity (Wildman–Crippen MR) is 70.6 cm³/mol. The molecule has 0 saturated carbocycles. The van der Waals surface area contributed by atoms with E-state index in [4.69, 9.17) is 5.73 Å². The number of hydrogen-bond acceptors (Lipinski definition) is 5. The van der Waals surface area contributed by atoms with Crippen molar-refractivity contribution in [2.45, 2.75) is 6.42 Å². The van der Waals surface area contributed by atoms with Crippen LogP contribution in [-0.2, 0) is 7.05 Å². The van der Waals surface area contributed by atoms with Crippen LogP contribution in [0.4, 0.5) is 11.5 Å². The Bertz CT molecular complexity index is 516. The Hall–Kier alpha value is -1.37. The first-order valence-electron chi connectivity index (χ1n) is 5.50. The maximum atomic E-state index is 11.6. The van der Waals surface area contributed by atoms with Crippen LogP contribution in [0.15, 0.2) is 9.59 Å². The fourth-order valence-corrected chi connectivity index (χ4v) is 3.08. The zero-order valence-corrected chi connectivity index (χ0v) is 10.5. The number of hydrogen-bond donors (Lipinski definition) is 3. The Balaban J connectivity index is 2.17. The summed E-state index contributed by atoms with van der Waals surface area (Å²) in [5.41, 5.74) is 5.10. The van der Waals surface area contributed by atoms with Gasteiger partial charge < -0.3 is 11.1 Å². The lowest BCUT2D eigenvalue weighted by atomic mass is 10.1. The SMILES string of the molecule is Cn1c(N)c(NCC2CCSC2)c(=O)[nH]c1=O. The third-order valence-corrected chi connectivity index (χ3v) is 4.19. The molecule has 1 saturated heterocycles. The van der Waals surface area contributed by atoms with Gasteiger partial charge in [-0.1, -0.05) is 0 Å². The van der Waals surface area contributed by atoms with E-state index in [1.807, 2.05) is 11.8 Å². The van der Waals surface area contributed by atoms with Gasteiger partial charge in [-0.25, -0.2) is 4.79 Å². The molecule has 1 fully saturated rings. The number of nitrogens with one attached hydrogen (secondary N) is 2. The third-order valence-electron chi connectivity index (χ3n) is 2.96. The van der Waals surface area contributed by atoms with Gasteiger partial charge in [0.1, 0.15) is 11.5 Å². The molecular formula is C10H16N4O2S. The third kappa shape index (κ3) is 2.49. The average Bonchev–Trinajstić information content (AvgIpc) is 2.79. The van der Waals surface area contributed by atoms with Crippen molar-refractivity contribution in [3.8, 4) is 0 Å². The van der Waals surface area contributed by atoms with Crippen molar-refractivity contribution in [1.29, 1.82) is 0 Å². The molecule has 94 valence electrons. The molecule has 1 aliphatic heterocycles. The molecule has 6 nitrogen and oxygen atoms in total. The minimum Gasteiger partial charge on any atom is -0.383 e. The van der Waals surface area contributed by atoms with Gasteiger partial charge in [0.25, 0.3) is 5.56 Å². The summed E-state index contributed by atoms with van der Waals surface area (Å²) in [5.74, 6) is 3.03. The van der Waals surface area contributed by atoms with Gasteiger partial charge in [-0.2, -0.15) is 11.8 Å². The van der Waals surface area contributed by atoms with E-state index in [0.29, 0.717) is 11.6 Å². The molecule has 0 amide bonds. The van der Waals surface area contributed by atoms with Crippen molar-refractivity contribution in [2.24, 2.45) is 13.0 Å². The van der Waals surface area contributed by atoms with Crippen LogP contribution in [0.3, 0.4) is 0 Å². The van der Waals surface area contributed by atoms with Gasteiger partial charge in [0.05, 0.1) is 0 Å². The molecule has 0 bridgehead atoms. The van der Waals surface area contributed by atoms with Gasteiger partial charge in [0.2, 0.25) is 0 Å². The summed E-state index contributed by atoms with van der Waals surface area (Å²) in [7, 11) is 1.53.